The summed E-state index contributed by atoms with van der Waals surface area (Å²) in [6.45, 7) is 2.83. The Balaban J connectivity index is 1.90. The van der Waals surface area contributed by atoms with Crippen LogP contribution >= 0.6 is 0 Å². The van der Waals surface area contributed by atoms with Gasteiger partial charge in [0.05, 0.1) is 11.3 Å². The van der Waals surface area contributed by atoms with Crippen LogP contribution < -0.4 is 15.6 Å². The largest absolute Gasteiger partial charge is 0.485 e. The fourth-order valence-corrected chi connectivity index (χ4v) is 2.91. The molecule has 3 aromatic rings. The van der Waals surface area contributed by atoms with Gasteiger partial charge < -0.3 is 9.47 Å². The number of nitrogens with one attached hydrogen (secondary N) is 2. The van der Waals surface area contributed by atoms with Gasteiger partial charge in [-0.1, -0.05) is 6.07 Å². The number of aryl methyl sites for hydroxylation is 2. The molecule has 0 bridgehead atoms. The van der Waals surface area contributed by atoms with Crippen molar-refractivity contribution in [2.45, 2.75) is 20.5 Å². The maximum atomic E-state index is 13.9. The number of nitrogens with zero attached hydrogens (tertiary/aromatic N) is 2. The minimum Gasteiger partial charge on any atom is -0.485 e. The van der Waals surface area contributed by atoms with Gasteiger partial charge in [0, 0.05) is 13.3 Å². The van der Waals surface area contributed by atoms with Crippen molar-refractivity contribution in [1.82, 2.24) is 20.2 Å². The maximum Gasteiger partial charge on any atom is 0.288 e. The van der Waals surface area contributed by atoms with Gasteiger partial charge >= 0.3 is 0 Å². The van der Waals surface area contributed by atoms with Crippen LogP contribution in [0.15, 0.2) is 30.5 Å². The summed E-state index contributed by atoms with van der Waals surface area (Å²) in [5.74, 6) is -2.30. The van der Waals surface area contributed by atoms with E-state index in [1.165, 1.54) is 17.6 Å². The second kappa shape index (κ2) is 8.87. The van der Waals surface area contributed by atoms with E-state index in [1.54, 1.807) is 26.1 Å². The molecule has 3 rings (SSSR count). The number of benzene rings is 1. The van der Waals surface area contributed by atoms with Gasteiger partial charge in [-0.2, -0.15) is 0 Å². The van der Waals surface area contributed by atoms with Crippen LogP contribution in [0, 0.1) is 25.5 Å². The molecule has 10 heteroatoms. The van der Waals surface area contributed by atoms with Gasteiger partial charge in [0.1, 0.15) is 30.5 Å². The smallest absolute Gasteiger partial charge is 0.288 e. The van der Waals surface area contributed by atoms with Gasteiger partial charge in [-0.05, 0) is 37.6 Å². The third-order valence-corrected chi connectivity index (χ3v) is 4.24. The Kier molecular flexibility index (Phi) is 6.26. The van der Waals surface area contributed by atoms with E-state index >= 15 is 0 Å². The Labute approximate surface area is 170 Å². The van der Waals surface area contributed by atoms with E-state index in [0.29, 0.717) is 11.3 Å². The summed E-state index contributed by atoms with van der Waals surface area (Å²) >= 11 is 0. The third-order valence-electron chi connectivity index (χ3n) is 4.24. The molecule has 0 aliphatic carbocycles. The van der Waals surface area contributed by atoms with E-state index in [4.69, 9.17) is 4.74 Å². The Hall–Kier alpha value is -3.53. The standard InChI is InChI=1S/C20H20F2N4O4/c1-11-7-16(30-9-13-14(21)5-4-6-15(13)22)19-23-12(2)18(26(19)8-11)20(28)25-24-17(27)10-29-3/h4-8H,9-10H2,1-3H3,(H,24,27)(H,25,28). The van der Waals surface area contributed by atoms with Gasteiger partial charge in [0.2, 0.25) is 0 Å². The van der Waals surface area contributed by atoms with Crippen molar-refractivity contribution in [3.63, 3.8) is 0 Å². The van der Waals surface area contributed by atoms with Crippen LogP contribution in [0.1, 0.15) is 27.3 Å². The number of hydrazine groups is 1. The minimum absolute atomic E-state index is 0.174. The molecule has 30 heavy (non-hydrogen) atoms. The molecule has 1 aromatic carbocycles. The summed E-state index contributed by atoms with van der Waals surface area (Å²) in [6.07, 6.45) is 1.66. The SMILES string of the molecule is COCC(=O)NNC(=O)c1c(C)nc2c(OCc3c(F)cccc3F)cc(C)cn12. The van der Waals surface area contributed by atoms with Crippen molar-refractivity contribution < 1.29 is 27.8 Å². The molecule has 0 aliphatic rings. The highest BCUT2D eigenvalue weighted by molar-refractivity contribution is 5.96. The number of fused-ring (bicyclic) bond motifs is 1. The lowest BCUT2D eigenvalue weighted by Crippen LogP contribution is -2.43. The maximum absolute atomic E-state index is 13.9. The topological polar surface area (TPSA) is 94.0 Å². The summed E-state index contributed by atoms with van der Waals surface area (Å²) in [7, 11) is 1.35. The highest BCUT2D eigenvalue weighted by Gasteiger charge is 2.20. The van der Waals surface area contributed by atoms with Crippen LogP contribution in [0.2, 0.25) is 0 Å². The number of halogens is 2. The number of carbonyl (C=O) groups excluding carboxylic acids is 2. The molecule has 0 saturated heterocycles. The zero-order chi connectivity index (χ0) is 21.8. The molecule has 0 spiro atoms. The minimum atomic E-state index is -0.718. The zero-order valence-corrected chi connectivity index (χ0v) is 16.6. The first-order chi connectivity index (χ1) is 14.3. The van der Waals surface area contributed by atoms with Gasteiger partial charge in [-0.25, -0.2) is 13.8 Å². The number of pyridine rings is 1. The molecule has 2 amide bonds. The number of rotatable bonds is 6. The quantitative estimate of drug-likeness (QED) is 0.599. The number of imidazole rings is 1. The highest BCUT2D eigenvalue weighted by Crippen LogP contribution is 2.25. The van der Waals surface area contributed by atoms with E-state index in [2.05, 4.69) is 20.6 Å². The van der Waals surface area contributed by atoms with E-state index in [0.717, 1.165) is 17.7 Å². The van der Waals surface area contributed by atoms with E-state index < -0.39 is 23.4 Å². The summed E-state index contributed by atoms with van der Waals surface area (Å²) in [6, 6.07) is 5.22. The normalized spacial score (nSPS) is 10.8. The average molecular weight is 418 g/mol. The van der Waals surface area contributed by atoms with Crippen molar-refractivity contribution in [3.8, 4) is 5.75 Å². The van der Waals surface area contributed by atoms with E-state index in [-0.39, 0.29) is 30.2 Å². The molecule has 2 heterocycles. The number of carbonyl (C=O) groups is 2. The van der Waals surface area contributed by atoms with E-state index in [9.17, 15) is 18.4 Å². The van der Waals surface area contributed by atoms with Crippen LogP contribution in [0.4, 0.5) is 8.78 Å². The molecular weight excluding hydrogens is 398 g/mol. The second-order valence-corrected chi connectivity index (χ2v) is 6.55. The molecule has 0 fully saturated rings. The lowest BCUT2D eigenvalue weighted by molar-refractivity contribution is -0.125. The molecule has 2 N–H and O–H groups in total. The average Bonchev–Trinajstić information content (AvgIpc) is 3.01. The van der Waals surface area contributed by atoms with Crippen LogP contribution in [0.25, 0.3) is 5.65 Å². The Morgan fingerprint density at radius 1 is 1.17 bits per heavy atom. The fraction of sp³-hybridized carbons (Fsp3) is 0.250. The van der Waals surface area contributed by atoms with Gasteiger partial charge in [-0.15, -0.1) is 0 Å². The molecule has 158 valence electrons. The van der Waals surface area contributed by atoms with Crippen LogP contribution in [-0.2, 0) is 16.1 Å². The summed E-state index contributed by atoms with van der Waals surface area (Å²) < 4.78 is 39.6. The van der Waals surface area contributed by atoms with Crippen LogP contribution in [0.3, 0.4) is 0 Å². The highest BCUT2D eigenvalue weighted by atomic mass is 19.1. The van der Waals surface area contributed by atoms with Crippen molar-refractivity contribution in [2.75, 3.05) is 13.7 Å². The third kappa shape index (κ3) is 4.38. The predicted molar refractivity (Wildman–Crippen MR) is 103 cm³/mol. The lowest BCUT2D eigenvalue weighted by Gasteiger charge is -2.11. The number of hydrogen-bond donors (Lipinski definition) is 2. The van der Waals surface area contributed by atoms with Crippen molar-refractivity contribution in [3.05, 3.63) is 64.6 Å². The molecule has 0 aliphatic heterocycles. The Morgan fingerprint density at radius 2 is 1.87 bits per heavy atom. The van der Waals surface area contributed by atoms with Crippen molar-refractivity contribution >= 4 is 17.5 Å². The second-order valence-electron chi connectivity index (χ2n) is 6.55. The monoisotopic (exact) mass is 418 g/mol. The number of ether oxygens (including phenoxy) is 2. The molecule has 0 saturated carbocycles. The van der Waals surface area contributed by atoms with Crippen LogP contribution in [0.5, 0.6) is 5.75 Å². The lowest BCUT2D eigenvalue weighted by atomic mass is 10.2. The molecule has 0 atom stereocenters. The number of aromatic nitrogens is 2. The molecule has 0 unspecified atom stereocenters. The first-order valence-electron chi connectivity index (χ1n) is 8.95. The number of methoxy groups -OCH3 is 1. The summed E-state index contributed by atoms with van der Waals surface area (Å²) in [5.41, 5.74) is 5.89. The van der Waals surface area contributed by atoms with Gasteiger partial charge in [0.15, 0.2) is 11.4 Å². The van der Waals surface area contributed by atoms with Gasteiger partial charge in [-0.3, -0.25) is 24.8 Å². The van der Waals surface area contributed by atoms with Crippen LogP contribution in [-0.4, -0.2) is 34.9 Å². The Bertz CT molecular complexity index is 1090. The first-order valence-corrected chi connectivity index (χ1v) is 8.95. The number of hydrogen-bond acceptors (Lipinski definition) is 5. The number of amides is 2. The molecule has 8 nitrogen and oxygen atoms in total. The Morgan fingerprint density at radius 3 is 2.53 bits per heavy atom. The predicted octanol–water partition coefficient (Wildman–Crippen LogP) is 2.22. The van der Waals surface area contributed by atoms with Gasteiger partial charge in [0.25, 0.3) is 11.8 Å². The zero-order valence-electron chi connectivity index (χ0n) is 16.6. The molecule has 2 aromatic heterocycles. The van der Waals surface area contributed by atoms with E-state index in [1.807, 2.05) is 0 Å². The molecule has 0 radical (unpaired) electrons. The first kappa shape index (κ1) is 21.2. The van der Waals surface area contributed by atoms with Crippen molar-refractivity contribution in [2.24, 2.45) is 0 Å². The fourth-order valence-electron chi connectivity index (χ4n) is 2.91. The summed E-state index contributed by atoms with van der Waals surface area (Å²) in [4.78, 5) is 28.4. The molecular formula is C20H20F2N4O4. The summed E-state index contributed by atoms with van der Waals surface area (Å²) in [5, 5.41) is 0. The van der Waals surface area contributed by atoms with Crippen molar-refractivity contribution in [1.29, 1.82) is 0 Å².